The SMILES string of the molecule is COCOc1ccc(CCC(=O)OC)cc1N. The Balaban J connectivity index is 2.58. The third-order valence-electron chi connectivity index (χ3n) is 2.25. The smallest absolute Gasteiger partial charge is 0.305 e. The molecule has 0 spiro atoms. The Hall–Kier alpha value is -1.75. The van der Waals surface area contributed by atoms with E-state index in [9.17, 15) is 4.79 Å². The van der Waals surface area contributed by atoms with Crippen LogP contribution in [0.25, 0.3) is 0 Å². The van der Waals surface area contributed by atoms with Gasteiger partial charge in [0.15, 0.2) is 6.79 Å². The molecule has 5 nitrogen and oxygen atoms in total. The summed E-state index contributed by atoms with van der Waals surface area (Å²) in [6.45, 7) is 0.158. The molecular weight excluding hydrogens is 222 g/mol. The van der Waals surface area contributed by atoms with Crippen molar-refractivity contribution in [3.05, 3.63) is 23.8 Å². The lowest BCUT2D eigenvalue weighted by Crippen LogP contribution is -2.04. The van der Waals surface area contributed by atoms with Crippen LogP contribution >= 0.6 is 0 Å². The Morgan fingerprint density at radius 1 is 1.35 bits per heavy atom. The van der Waals surface area contributed by atoms with E-state index in [1.165, 1.54) is 7.11 Å². The minimum Gasteiger partial charge on any atom is -0.469 e. The number of esters is 1. The zero-order valence-electron chi connectivity index (χ0n) is 10.1. The van der Waals surface area contributed by atoms with Crippen molar-refractivity contribution in [2.24, 2.45) is 0 Å². The van der Waals surface area contributed by atoms with Gasteiger partial charge >= 0.3 is 5.97 Å². The van der Waals surface area contributed by atoms with E-state index in [2.05, 4.69) is 4.74 Å². The minimum atomic E-state index is -0.233. The second-order valence-electron chi connectivity index (χ2n) is 3.50. The third-order valence-corrected chi connectivity index (χ3v) is 2.25. The maximum absolute atomic E-state index is 11.0. The number of carbonyl (C=O) groups excluding carboxylic acids is 1. The molecule has 0 fully saturated rings. The number of aryl methyl sites for hydroxylation is 1. The van der Waals surface area contributed by atoms with Gasteiger partial charge in [-0.3, -0.25) is 4.79 Å². The number of methoxy groups -OCH3 is 2. The van der Waals surface area contributed by atoms with E-state index in [0.717, 1.165) is 5.56 Å². The number of ether oxygens (including phenoxy) is 3. The number of rotatable bonds is 6. The van der Waals surface area contributed by atoms with Gasteiger partial charge in [0.05, 0.1) is 12.8 Å². The molecule has 0 amide bonds. The number of nitrogens with two attached hydrogens (primary N) is 1. The van der Waals surface area contributed by atoms with Crippen LogP contribution in [0.15, 0.2) is 18.2 Å². The van der Waals surface area contributed by atoms with Crippen molar-refractivity contribution in [1.82, 2.24) is 0 Å². The highest BCUT2D eigenvalue weighted by Crippen LogP contribution is 2.23. The standard InChI is InChI=1S/C12H17NO4/c1-15-8-17-11-5-3-9(7-10(11)13)4-6-12(14)16-2/h3,5,7H,4,6,8,13H2,1-2H3. The second-order valence-corrected chi connectivity index (χ2v) is 3.50. The Kier molecular flexibility index (Phi) is 5.29. The molecule has 0 heterocycles. The number of carbonyl (C=O) groups is 1. The van der Waals surface area contributed by atoms with Gasteiger partial charge in [0.25, 0.3) is 0 Å². The lowest BCUT2D eigenvalue weighted by Gasteiger charge is -2.09. The third kappa shape index (κ3) is 4.32. The van der Waals surface area contributed by atoms with Crippen LogP contribution in [0.2, 0.25) is 0 Å². The maximum atomic E-state index is 11.0. The van der Waals surface area contributed by atoms with Crippen molar-refractivity contribution in [2.75, 3.05) is 26.7 Å². The fraction of sp³-hybridized carbons (Fsp3) is 0.417. The highest BCUT2D eigenvalue weighted by Gasteiger charge is 2.05. The predicted molar refractivity (Wildman–Crippen MR) is 63.7 cm³/mol. The zero-order valence-corrected chi connectivity index (χ0v) is 10.1. The number of nitrogen functional groups attached to an aromatic ring is 1. The van der Waals surface area contributed by atoms with Crippen LogP contribution in [-0.2, 0) is 20.7 Å². The topological polar surface area (TPSA) is 70.8 Å². The quantitative estimate of drug-likeness (QED) is 0.461. The highest BCUT2D eigenvalue weighted by atomic mass is 16.7. The first kappa shape index (κ1) is 13.3. The number of hydrogen-bond donors (Lipinski definition) is 1. The zero-order chi connectivity index (χ0) is 12.7. The molecule has 17 heavy (non-hydrogen) atoms. The molecule has 0 saturated heterocycles. The van der Waals surface area contributed by atoms with E-state index in [-0.39, 0.29) is 12.8 Å². The first-order valence-corrected chi connectivity index (χ1v) is 5.24. The van der Waals surface area contributed by atoms with E-state index in [4.69, 9.17) is 15.2 Å². The highest BCUT2D eigenvalue weighted by molar-refractivity contribution is 5.69. The van der Waals surface area contributed by atoms with Crippen molar-refractivity contribution >= 4 is 11.7 Å². The summed E-state index contributed by atoms with van der Waals surface area (Å²) in [4.78, 5) is 11.0. The van der Waals surface area contributed by atoms with Gasteiger partial charge in [-0.25, -0.2) is 0 Å². The van der Waals surface area contributed by atoms with Gasteiger partial charge in [-0.05, 0) is 24.1 Å². The molecule has 1 aromatic carbocycles. The molecule has 0 saturated carbocycles. The Morgan fingerprint density at radius 2 is 2.12 bits per heavy atom. The number of hydrogen-bond acceptors (Lipinski definition) is 5. The molecule has 0 radical (unpaired) electrons. The lowest BCUT2D eigenvalue weighted by atomic mass is 10.1. The summed E-state index contributed by atoms with van der Waals surface area (Å²) in [5.41, 5.74) is 7.31. The molecule has 0 aromatic heterocycles. The van der Waals surface area contributed by atoms with Gasteiger partial charge < -0.3 is 19.9 Å². The number of benzene rings is 1. The molecular formula is C12H17NO4. The van der Waals surface area contributed by atoms with Crippen LogP contribution in [0.4, 0.5) is 5.69 Å². The first-order chi connectivity index (χ1) is 8.17. The van der Waals surface area contributed by atoms with E-state index >= 15 is 0 Å². The summed E-state index contributed by atoms with van der Waals surface area (Å²) >= 11 is 0. The molecule has 0 aliphatic carbocycles. The monoisotopic (exact) mass is 239 g/mol. The fourth-order valence-electron chi connectivity index (χ4n) is 1.36. The summed E-state index contributed by atoms with van der Waals surface area (Å²) < 4.78 is 14.6. The summed E-state index contributed by atoms with van der Waals surface area (Å²) in [5.74, 6) is 0.344. The van der Waals surface area contributed by atoms with Crippen molar-refractivity contribution in [3.8, 4) is 5.75 Å². The predicted octanol–water partition coefficient (Wildman–Crippen LogP) is 1.36. The van der Waals surface area contributed by atoms with Crippen LogP contribution in [0.5, 0.6) is 5.75 Å². The van der Waals surface area contributed by atoms with Gasteiger partial charge in [0.2, 0.25) is 0 Å². The second kappa shape index (κ2) is 6.75. The van der Waals surface area contributed by atoms with Gasteiger partial charge in [-0.15, -0.1) is 0 Å². The molecule has 1 aromatic rings. The van der Waals surface area contributed by atoms with Crippen LogP contribution in [-0.4, -0.2) is 27.0 Å². The van der Waals surface area contributed by atoms with Crippen LogP contribution in [0, 0.1) is 0 Å². The van der Waals surface area contributed by atoms with Crippen molar-refractivity contribution < 1.29 is 19.0 Å². The van der Waals surface area contributed by atoms with Gasteiger partial charge in [-0.2, -0.15) is 0 Å². The Bertz CT molecular complexity index is 379. The van der Waals surface area contributed by atoms with E-state index < -0.39 is 0 Å². The molecule has 0 unspecified atom stereocenters. The summed E-state index contributed by atoms with van der Waals surface area (Å²) in [5, 5.41) is 0. The summed E-state index contributed by atoms with van der Waals surface area (Å²) in [6, 6.07) is 5.42. The molecule has 2 N–H and O–H groups in total. The molecule has 94 valence electrons. The van der Waals surface area contributed by atoms with Crippen LogP contribution < -0.4 is 10.5 Å². The normalized spacial score (nSPS) is 10.0. The Morgan fingerprint density at radius 3 is 2.71 bits per heavy atom. The van der Waals surface area contributed by atoms with Crippen molar-refractivity contribution in [3.63, 3.8) is 0 Å². The molecule has 0 aliphatic rings. The lowest BCUT2D eigenvalue weighted by molar-refractivity contribution is -0.140. The van der Waals surface area contributed by atoms with Crippen molar-refractivity contribution in [2.45, 2.75) is 12.8 Å². The van der Waals surface area contributed by atoms with Crippen LogP contribution in [0.3, 0.4) is 0 Å². The van der Waals surface area contributed by atoms with Gasteiger partial charge in [0, 0.05) is 13.5 Å². The largest absolute Gasteiger partial charge is 0.469 e. The molecule has 5 heteroatoms. The van der Waals surface area contributed by atoms with E-state index in [1.807, 2.05) is 6.07 Å². The van der Waals surface area contributed by atoms with E-state index in [1.54, 1.807) is 19.2 Å². The van der Waals surface area contributed by atoms with Gasteiger partial charge in [0.1, 0.15) is 5.75 Å². The van der Waals surface area contributed by atoms with Gasteiger partial charge in [-0.1, -0.05) is 6.07 Å². The molecule has 0 bridgehead atoms. The van der Waals surface area contributed by atoms with Crippen LogP contribution in [0.1, 0.15) is 12.0 Å². The maximum Gasteiger partial charge on any atom is 0.305 e. The average Bonchev–Trinajstić information content (AvgIpc) is 2.34. The molecule has 0 aliphatic heterocycles. The Labute approximate surface area is 100 Å². The average molecular weight is 239 g/mol. The summed E-state index contributed by atoms with van der Waals surface area (Å²) in [7, 11) is 2.92. The molecule has 1 rings (SSSR count). The first-order valence-electron chi connectivity index (χ1n) is 5.24. The van der Waals surface area contributed by atoms with E-state index in [0.29, 0.717) is 24.3 Å². The molecule has 0 atom stereocenters. The minimum absolute atomic E-state index is 0.158. The summed E-state index contributed by atoms with van der Waals surface area (Å²) in [6.07, 6.45) is 0.940. The van der Waals surface area contributed by atoms with Crippen molar-refractivity contribution in [1.29, 1.82) is 0 Å². The number of anilines is 1. The fourth-order valence-corrected chi connectivity index (χ4v) is 1.36.